The number of benzene rings is 1. The molecule has 130 valence electrons. The van der Waals surface area contributed by atoms with E-state index in [1.54, 1.807) is 32.0 Å². The highest BCUT2D eigenvalue weighted by Crippen LogP contribution is 2.25. The lowest BCUT2D eigenvalue weighted by Crippen LogP contribution is -2.15. The Hall–Kier alpha value is -1.86. The fourth-order valence-electron chi connectivity index (χ4n) is 2.27. The van der Waals surface area contributed by atoms with Gasteiger partial charge in [0.1, 0.15) is 0 Å². The average molecular weight is 367 g/mol. The van der Waals surface area contributed by atoms with Gasteiger partial charge >= 0.3 is 0 Å². The van der Waals surface area contributed by atoms with Crippen molar-refractivity contribution < 1.29 is 13.2 Å². The molecule has 0 spiro atoms. The summed E-state index contributed by atoms with van der Waals surface area (Å²) < 4.78 is 25.8. The van der Waals surface area contributed by atoms with Crippen LogP contribution in [0.15, 0.2) is 24.3 Å². The smallest absolute Gasteiger partial charge is 0.265 e. The molecule has 2 aromatic rings. The van der Waals surface area contributed by atoms with Crippen molar-refractivity contribution in [2.24, 2.45) is 0 Å². The molecular formula is C17H22N2O3S2. The average Bonchev–Trinajstić information content (AvgIpc) is 2.91. The van der Waals surface area contributed by atoms with E-state index in [9.17, 15) is 13.2 Å². The SMILES string of the molecule is CCc1sc(C(=O)Nc2ccc(NS(=O)(=O)CC)c(C)c2)cc1C. The van der Waals surface area contributed by atoms with Crippen LogP contribution < -0.4 is 10.0 Å². The zero-order valence-corrected chi connectivity index (χ0v) is 15.9. The molecule has 0 aliphatic rings. The lowest BCUT2D eigenvalue weighted by Gasteiger charge is -2.11. The van der Waals surface area contributed by atoms with Crippen LogP contribution in [-0.2, 0) is 16.4 Å². The predicted molar refractivity (Wildman–Crippen MR) is 101 cm³/mol. The predicted octanol–water partition coefficient (Wildman–Crippen LogP) is 3.94. The Kier molecular flexibility index (Phi) is 5.66. The number of aryl methyl sites for hydroxylation is 3. The Morgan fingerprint density at radius 1 is 1.12 bits per heavy atom. The summed E-state index contributed by atoms with van der Waals surface area (Å²) in [6.45, 7) is 7.46. The van der Waals surface area contributed by atoms with Gasteiger partial charge in [-0.15, -0.1) is 11.3 Å². The van der Waals surface area contributed by atoms with Gasteiger partial charge in [-0.25, -0.2) is 8.42 Å². The van der Waals surface area contributed by atoms with Gasteiger partial charge in [-0.05, 0) is 62.6 Å². The molecule has 0 bridgehead atoms. The third-order valence-electron chi connectivity index (χ3n) is 3.70. The summed E-state index contributed by atoms with van der Waals surface area (Å²) in [6, 6.07) is 7.01. The zero-order valence-electron chi connectivity index (χ0n) is 14.3. The molecule has 0 saturated heterocycles. The van der Waals surface area contributed by atoms with Gasteiger partial charge in [0.2, 0.25) is 10.0 Å². The summed E-state index contributed by atoms with van der Waals surface area (Å²) in [6.07, 6.45) is 0.912. The van der Waals surface area contributed by atoms with Gasteiger partial charge in [-0.3, -0.25) is 9.52 Å². The molecule has 24 heavy (non-hydrogen) atoms. The normalized spacial score (nSPS) is 11.3. The van der Waals surface area contributed by atoms with Crippen molar-refractivity contribution in [2.45, 2.75) is 34.1 Å². The molecule has 0 aliphatic carbocycles. The van der Waals surface area contributed by atoms with Crippen LogP contribution >= 0.6 is 11.3 Å². The molecule has 1 heterocycles. The number of sulfonamides is 1. The van der Waals surface area contributed by atoms with Gasteiger partial charge in [0.25, 0.3) is 5.91 Å². The fourth-order valence-corrected chi connectivity index (χ4v) is 3.99. The summed E-state index contributed by atoms with van der Waals surface area (Å²) in [4.78, 5) is 14.2. The molecule has 0 fully saturated rings. The quantitative estimate of drug-likeness (QED) is 0.813. The first-order chi connectivity index (χ1) is 11.3. The molecule has 2 rings (SSSR count). The van der Waals surface area contributed by atoms with E-state index in [1.807, 2.05) is 13.0 Å². The number of hydrogen-bond acceptors (Lipinski definition) is 4. The van der Waals surface area contributed by atoms with Crippen LogP contribution in [0, 0.1) is 13.8 Å². The van der Waals surface area contributed by atoms with Crippen LogP contribution in [0.1, 0.15) is 39.5 Å². The molecule has 0 radical (unpaired) electrons. The van der Waals surface area contributed by atoms with Crippen molar-refractivity contribution in [1.29, 1.82) is 0 Å². The van der Waals surface area contributed by atoms with E-state index in [0.717, 1.165) is 17.5 Å². The van der Waals surface area contributed by atoms with E-state index in [-0.39, 0.29) is 11.7 Å². The van der Waals surface area contributed by atoms with Gasteiger partial charge in [0.15, 0.2) is 0 Å². The minimum atomic E-state index is -3.31. The molecule has 0 aliphatic heterocycles. The first-order valence-corrected chi connectivity index (χ1v) is 10.2. The lowest BCUT2D eigenvalue weighted by atomic mass is 10.2. The topological polar surface area (TPSA) is 75.3 Å². The monoisotopic (exact) mass is 366 g/mol. The highest BCUT2D eigenvalue weighted by molar-refractivity contribution is 7.92. The molecule has 0 saturated carbocycles. The van der Waals surface area contributed by atoms with Crippen molar-refractivity contribution in [1.82, 2.24) is 0 Å². The van der Waals surface area contributed by atoms with Crippen molar-refractivity contribution in [2.75, 3.05) is 15.8 Å². The number of rotatable bonds is 6. The van der Waals surface area contributed by atoms with Gasteiger partial charge in [-0.1, -0.05) is 6.92 Å². The van der Waals surface area contributed by atoms with Crippen LogP contribution in [0.2, 0.25) is 0 Å². The highest BCUT2D eigenvalue weighted by Gasteiger charge is 2.13. The number of carbonyl (C=O) groups excluding carboxylic acids is 1. The largest absolute Gasteiger partial charge is 0.321 e. The summed E-state index contributed by atoms with van der Waals surface area (Å²) in [5, 5.41) is 2.86. The van der Waals surface area contributed by atoms with Crippen LogP contribution in [-0.4, -0.2) is 20.1 Å². The Labute approximate surface area is 147 Å². The highest BCUT2D eigenvalue weighted by atomic mass is 32.2. The maximum Gasteiger partial charge on any atom is 0.265 e. The van der Waals surface area contributed by atoms with Crippen molar-refractivity contribution in [3.63, 3.8) is 0 Å². The number of carbonyl (C=O) groups is 1. The molecule has 0 atom stereocenters. The summed E-state index contributed by atoms with van der Waals surface area (Å²) in [5.41, 5.74) is 3.05. The molecule has 1 aromatic carbocycles. The summed E-state index contributed by atoms with van der Waals surface area (Å²) in [7, 11) is -3.31. The molecular weight excluding hydrogens is 344 g/mol. The van der Waals surface area contributed by atoms with Crippen molar-refractivity contribution >= 4 is 38.6 Å². The Bertz CT molecular complexity index is 855. The summed E-state index contributed by atoms with van der Waals surface area (Å²) >= 11 is 1.50. The first kappa shape index (κ1) is 18.5. The number of nitrogens with one attached hydrogen (secondary N) is 2. The van der Waals surface area contributed by atoms with E-state index in [0.29, 0.717) is 16.3 Å². The Balaban J connectivity index is 2.15. The number of hydrogen-bond donors (Lipinski definition) is 2. The number of anilines is 2. The van der Waals surface area contributed by atoms with Crippen LogP contribution in [0.5, 0.6) is 0 Å². The maximum absolute atomic E-state index is 12.4. The van der Waals surface area contributed by atoms with Crippen LogP contribution in [0.25, 0.3) is 0 Å². The van der Waals surface area contributed by atoms with Gasteiger partial charge < -0.3 is 5.32 Å². The Morgan fingerprint density at radius 2 is 1.83 bits per heavy atom. The van der Waals surface area contributed by atoms with Crippen molar-refractivity contribution in [3.8, 4) is 0 Å². The van der Waals surface area contributed by atoms with Crippen LogP contribution in [0.3, 0.4) is 0 Å². The van der Waals surface area contributed by atoms with Crippen molar-refractivity contribution in [3.05, 3.63) is 45.1 Å². The fraction of sp³-hybridized carbons (Fsp3) is 0.353. The van der Waals surface area contributed by atoms with E-state index in [2.05, 4.69) is 17.0 Å². The Morgan fingerprint density at radius 3 is 2.38 bits per heavy atom. The van der Waals surface area contributed by atoms with Gasteiger partial charge in [-0.2, -0.15) is 0 Å². The first-order valence-electron chi connectivity index (χ1n) is 7.77. The molecule has 5 nitrogen and oxygen atoms in total. The second kappa shape index (κ2) is 7.36. The molecule has 1 aromatic heterocycles. The van der Waals surface area contributed by atoms with E-state index in [1.165, 1.54) is 16.2 Å². The summed E-state index contributed by atoms with van der Waals surface area (Å²) in [5.74, 6) is -0.133. The lowest BCUT2D eigenvalue weighted by molar-refractivity contribution is 0.103. The minimum absolute atomic E-state index is 0.0163. The zero-order chi connectivity index (χ0) is 17.9. The van der Waals surface area contributed by atoms with E-state index < -0.39 is 10.0 Å². The van der Waals surface area contributed by atoms with Crippen LogP contribution in [0.4, 0.5) is 11.4 Å². The van der Waals surface area contributed by atoms with Gasteiger partial charge in [0, 0.05) is 10.6 Å². The molecule has 2 N–H and O–H groups in total. The number of amides is 1. The third-order valence-corrected chi connectivity index (χ3v) is 6.37. The molecule has 7 heteroatoms. The van der Waals surface area contributed by atoms with Gasteiger partial charge in [0.05, 0.1) is 16.3 Å². The van der Waals surface area contributed by atoms with E-state index >= 15 is 0 Å². The standard InChI is InChI=1S/C17H22N2O3S2/c1-5-15-12(4)10-16(23-15)17(20)18-13-7-8-14(11(3)9-13)19-24(21,22)6-2/h7-10,19H,5-6H2,1-4H3,(H,18,20). The maximum atomic E-state index is 12.4. The minimum Gasteiger partial charge on any atom is -0.321 e. The number of thiophene rings is 1. The molecule has 0 unspecified atom stereocenters. The van der Waals surface area contributed by atoms with E-state index in [4.69, 9.17) is 0 Å². The second-order valence-corrected chi connectivity index (χ2v) is 8.71. The third kappa shape index (κ3) is 4.36. The second-order valence-electron chi connectivity index (χ2n) is 5.56. The molecule has 1 amide bonds.